The van der Waals surface area contributed by atoms with E-state index in [0.29, 0.717) is 13.0 Å². The van der Waals surface area contributed by atoms with Gasteiger partial charge in [0.2, 0.25) is 0 Å². The Morgan fingerprint density at radius 2 is 2.14 bits per heavy atom. The molecule has 1 N–H and O–H groups in total. The number of carbonyl (C=O) groups excluding carboxylic acids is 1. The number of benzene rings is 1. The molecule has 1 aromatic carbocycles. The van der Waals surface area contributed by atoms with Crippen molar-refractivity contribution >= 4 is 6.09 Å². The molecule has 0 radical (unpaired) electrons. The van der Waals surface area contributed by atoms with Gasteiger partial charge in [0, 0.05) is 12.5 Å². The molecule has 1 fully saturated rings. The molecule has 1 aliphatic rings. The number of ether oxygens (including phenoxy) is 1. The highest BCUT2D eigenvalue weighted by molar-refractivity contribution is 5.68. The molecule has 0 saturated carbocycles. The molecule has 1 amide bonds. The van der Waals surface area contributed by atoms with Crippen molar-refractivity contribution in [2.45, 2.75) is 44.8 Å². The van der Waals surface area contributed by atoms with Crippen molar-refractivity contribution in [2.75, 3.05) is 13.1 Å². The fourth-order valence-electron chi connectivity index (χ4n) is 2.55. The van der Waals surface area contributed by atoms with Gasteiger partial charge in [0.1, 0.15) is 11.4 Å². The molecular formula is C16H22FNO3. The number of hydrogen-bond donors (Lipinski definition) is 1. The van der Waals surface area contributed by atoms with Gasteiger partial charge in [0.15, 0.2) is 0 Å². The van der Waals surface area contributed by atoms with Crippen molar-refractivity contribution in [1.82, 2.24) is 4.90 Å². The number of piperidine rings is 1. The minimum absolute atomic E-state index is 0.153. The second kappa shape index (κ2) is 6.02. The maximum absolute atomic E-state index is 13.3. The molecule has 0 bridgehead atoms. The molecule has 4 nitrogen and oxygen atoms in total. The fraction of sp³-hybridized carbons (Fsp3) is 0.562. The predicted molar refractivity (Wildman–Crippen MR) is 77.6 cm³/mol. The van der Waals surface area contributed by atoms with E-state index in [2.05, 4.69) is 0 Å². The lowest BCUT2D eigenvalue weighted by Gasteiger charge is -2.36. The van der Waals surface area contributed by atoms with Gasteiger partial charge in [-0.2, -0.15) is 0 Å². The first-order valence-corrected chi connectivity index (χ1v) is 7.18. The summed E-state index contributed by atoms with van der Waals surface area (Å²) < 4.78 is 18.6. The van der Waals surface area contributed by atoms with Crippen LogP contribution in [-0.4, -0.2) is 40.9 Å². The summed E-state index contributed by atoms with van der Waals surface area (Å²) in [5, 5.41) is 10.3. The zero-order valence-electron chi connectivity index (χ0n) is 12.7. The molecule has 21 heavy (non-hydrogen) atoms. The predicted octanol–water partition coefficient (Wildman–Crippen LogP) is 2.91. The SMILES string of the molecule is CC(C)(C)OC(=O)N1CCC(c2cccc(F)c2)C(O)C1. The Hall–Kier alpha value is -1.62. The molecule has 1 saturated heterocycles. The Labute approximate surface area is 124 Å². The standard InChI is InChI=1S/C16H22FNO3/c1-16(2,3)21-15(20)18-8-7-13(14(19)10-18)11-5-4-6-12(17)9-11/h4-6,9,13-14,19H,7-8,10H2,1-3H3. The van der Waals surface area contributed by atoms with Crippen LogP contribution in [0.4, 0.5) is 9.18 Å². The highest BCUT2D eigenvalue weighted by atomic mass is 19.1. The first kappa shape index (κ1) is 15.8. The Bertz CT molecular complexity index is 512. The number of aliphatic hydroxyl groups excluding tert-OH is 1. The van der Waals surface area contributed by atoms with E-state index in [1.165, 1.54) is 17.0 Å². The highest BCUT2D eigenvalue weighted by Gasteiger charge is 2.33. The van der Waals surface area contributed by atoms with Crippen LogP contribution in [0.25, 0.3) is 0 Å². The number of rotatable bonds is 1. The van der Waals surface area contributed by atoms with Crippen molar-refractivity contribution in [3.63, 3.8) is 0 Å². The van der Waals surface area contributed by atoms with Gasteiger partial charge in [-0.05, 0) is 44.9 Å². The zero-order chi connectivity index (χ0) is 15.6. The van der Waals surface area contributed by atoms with Crippen LogP contribution in [0.2, 0.25) is 0 Å². The lowest BCUT2D eigenvalue weighted by atomic mass is 9.87. The van der Waals surface area contributed by atoms with E-state index in [0.717, 1.165) is 5.56 Å². The molecule has 2 rings (SSSR count). The largest absolute Gasteiger partial charge is 0.444 e. The lowest BCUT2D eigenvalue weighted by molar-refractivity contribution is -0.00154. The average Bonchev–Trinajstić information content (AvgIpc) is 2.36. The van der Waals surface area contributed by atoms with E-state index in [4.69, 9.17) is 4.74 Å². The zero-order valence-corrected chi connectivity index (χ0v) is 12.7. The Kier molecular flexibility index (Phi) is 4.52. The van der Waals surface area contributed by atoms with Gasteiger partial charge in [0.05, 0.1) is 12.6 Å². The Morgan fingerprint density at radius 1 is 1.43 bits per heavy atom. The smallest absolute Gasteiger partial charge is 0.410 e. The summed E-state index contributed by atoms with van der Waals surface area (Å²) in [6, 6.07) is 6.26. The van der Waals surface area contributed by atoms with Crippen LogP contribution in [0.1, 0.15) is 38.7 Å². The van der Waals surface area contributed by atoms with Crippen LogP contribution in [0.5, 0.6) is 0 Å². The summed E-state index contributed by atoms with van der Waals surface area (Å²) in [5.74, 6) is -0.464. The summed E-state index contributed by atoms with van der Waals surface area (Å²) in [6.45, 7) is 6.12. The molecule has 116 valence electrons. The molecular weight excluding hydrogens is 273 g/mol. The number of halogens is 1. The quantitative estimate of drug-likeness (QED) is 0.866. The van der Waals surface area contributed by atoms with Crippen molar-refractivity contribution in [2.24, 2.45) is 0 Å². The van der Waals surface area contributed by atoms with Gasteiger partial charge in [-0.1, -0.05) is 12.1 Å². The Balaban J connectivity index is 2.01. The number of carbonyl (C=O) groups is 1. The third-order valence-corrected chi connectivity index (χ3v) is 3.51. The van der Waals surface area contributed by atoms with Gasteiger partial charge in [-0.3, -0.25) is 0 Å². The number of nitrogens with zero attached hydrogens (tertiary/aromatic N) is 1. The first-order chi connectivity index (χ1) is 9.76. The van der Waals surface area contributed by atoms with Crippen LogP contribution in [-0.2, 0) is 4.74 Å². The van der Waals surface area contributed by atoms with Gasteiger partial charge >= 0.3 is 6.09 Å². The average molecular weight is 295 g/mol. The van der Waals surface area contributed by atoms with Crippen molar-refractivity contribution in [1.29, 1.82) is 0 Å². The normalized spacial score (nSPS) is 23.0. The van der Waals surface area contributed by atoms with Gasteiger partial charge < -0.3 is 14.7 Å². The minimum atomic E-state index is -0.715. The number of hydrogen-bond acceptors (Lipinski definition) is 3. The van der Waals surface area contributed by atoms with Crippen molar-refractivity contribution < 1.29 is 19.0 Å². The maximum atomic E-state index is 13.3. The van der Waals surface area contributed by atoms with Crippen LogP contribution < -0.4 is 0 Å². The van der Waals surface area contributed by atoms with E-state index in [1.54, 1.807) is 32.9 Å². The molecule has 1 aromatic rings. The van der Waals surface area contributed by atoms with E-state index >= 15 is 0 Å². The monoisotopic (exact) mass is 295 g/mol. The molecule has 1 aliphatic heterocycles. The summed E-state index contributed by atoms with van der Waals surface area (Å²) in [4.78, 5) is 13.5. The number of β-amino-alcohol motifs (C(OH)–C–C–N with tert-alkyl or cyclic N) is 1. The first-order valence-electron chi connectivity index (χ1n) is 7.18. The van der Waals surface area contributed by atoms with Gasteiger partial charge in [-0.25, -0.2) is 9.18 Å². The molecule has 0 aliphatic carbocycles. The number of amides is 1. The summed E-state index contributed by atoms with van der Waals surface area (Å²) in [6.07, 6.45) is -0.545. The van der Waals surface area contributed by atoms with Crippen LogP contribution in [0, 0.1) is 5.82 Å². The van der Waals surface area contributed by atoms with Crippen LogP contribution in [0.3, 0.4) is 0 Å². The third kappa shape index (κ3) is 4.17. The highest BCUT2D eigenvalue weighted by Crippen LogP contribution is 2.29. The van der Waals surface area contributed by atoms with Crippen LogP contribution in [0.15, 0.2) is 24.3 Å². The lowest BCUT2D eigenvalue weighted by Crippen LogP contribution is -2.47. The summed E-state index contributed by atoms with van der Waals surface area (Å²) in [5.41, 5.74) is 0.216. The van der Waals surface area contributed by atoms with Crippen molar-refractivity contribution in [3.8, 4) is 0 Å². The maximum Gasteiger partial charge on any atom is 0.410 e. The topological polar surface area (TPSA) is 49.8 Å². The molecule has 0 spiro atoms. The summed E-state index contributed by atoms with van der Waals surface area (Å²) in [7, 11) is 0. The minimum Gasteiger partial charge on any atom is -0.444 e. The molecule has 2 atom stereocenters. The fourth-order valence-corrected chi connectivity index (χ4v) is 2.55. The van der Waals surface area contributed by atoms with E-state index in [-0.39, 0.29) is 18.3 Å². The van der Waals surface area contributed by atoms with Crippen molar-refractivity contribution in [3.05, 3.63) is 35.6 Å². The van der Waals surface area contributed by atoms with Gasteiger partial charge in [0.25, 0.3) is 0 Å². The van der Waals surface area contributed by atoms with Gasteiger partial charge in [-0.15, -0.1) is 0 Å². The number of likely N-dealkylation sites (tertiary alicyclic amines) is 1. The van der Waals surface area contributed by atoms with Crippen LogP contribution >= 0.6 is 0 Å². The molecule has 0 aromatic heterocycles. The molecule has 5 heteroatoms. The van der Waals surface area contributed by atoms with E-state index < -0.39 is 17.8 Å². The summed E-state index contributed by atoms with van der Waals surface area (Å²) >= 11 is 0. The second-order valence-corrected chi connectivity index (χ2v) is 6.44. The van der Waals surface area contributed by atoms with E-state index in [1.807, 2.05) is 0 Å². The number of aliphatic hydroxyl groups is 1. The second-order valence-electron chi connectivity index (χ2n) is 6.44. The van der Waals surface area contributed by atoms with E-state index in [9.17, 15) is 14.3 Å². The third-order valence-electron chi connectivity index (χ3n) is 3.51. The molecule has 2 unspecified atom stereocenters. The molecule has 1 heterocycles. The Morgan fingerprint density at radius 3 is 2.71 bits per heavy atom.